The molecule has 2 aliphatic rings. The van der Waals surface area contributed by atoms with Gasteiger partial charge in [0, 0.05) is 30.5 Å². The smallest absolute Gasteiger partial charge is 0.258 e. The summed E-state index contributed by atoms with van der Waals surface area (Å²) in [6, 6.07) is 7.05. The first-order valence-corrected chi connectivity index (χ1v) is 10.1. The van der Waals surface area contributed by atoms with Crippen LogP contribution in [-0.2, 0) is 11.3 Å². The summed E-state index contributed by atoms with van der Waals surface area (Å²) < 4.78 is 13.0. The molecule has 152 valence electrons. The van der Waals surface area contributed by atoms with Gasteiger partial charge in [0.2, 0.25) is 5.91 Å². The monoisotopic (exact) mass is 436 g/mol. The van der Waals surface area contributed by atoms with E-state index in [1.165, 1.54) is 25.1 Å². The van der Waals surface area contributed by atoms with E-state index in [4.69, 9.17) is 23.2 Å². The Bertz CT molecular complexity index is 944. The molecule has 0 radical (unpaired) electrons. The Morgan fingerprint density at radius 1 is 1.14 bits per heavy atom. The third-order valence-corrected chi connectivity index (χ3v) is 5.42. The molecule has 6 nitrogen and oxygen atoms in total. The summed E-state index contributed by atoms with van der Waals surface area (Å²) in [5.74, 6) is -1.29. The van der Waals surface area contributed by atoms with Crippen molar-refractivity contribution in [2.24, 2.45) is 5.92 Å². The molecule has 0 spiro atoms. The van der Waals surface area contributed by atoms with Crippen LogP contribution in [0.1, 0.15) is 35.2 Å². The SMILES string of the molecule is O=C(Nc1ccnc(NC(=O)[C@H]2C[C@H]2F)c1)c1c(Cl)cc(CNC2CC2)cc1Cl. The third kappa shape index (κ3) is 5.04. The first-order chi connectivity index (χ1) is 13.9. The molecule has 2 aromatic rings. The van der Waals surface area contributed by atoms with Crippen molar-refractivity contribution in [3.05, 3.63) is 51.6 Å². The fourth-order valence-corrected chi connectivity index (χ4v) is 3.62. The minimum absolute atomic E-state index is 0.171. The minimum Gasteiger partial charge on any atom is -0.322 e. The van der Waals surface area contributed by atoms with Crippen LogP contribution >= 0.6 is 23.2 Å². The number of carbonyl (C=O) groups is 2. The quantitative estimate of drug-likeness (QED) is 0.607. The molecular formula is C20H19Cl2FN4O2. The number of alkyl halides is 1. The zero-order valence-electron chi connectivity index (χ0n) is 15.3. The van der Waals surface area contributed by atoms with Crippen LogP contribution in [0.3, 0.4) is 0 Å². The third-order valence-electron chi connectivity index (χ3n) is 4.82. The molecule has 9 heteroatoms. The van der Waals surface area contributed by atoms with E-state index in [2.05, 4.69) is 20.9 Å². The first kappa shape index (κ1) is 20.1. The van der Waals surface area contributed by atoms with E-state index in [9.17, 15) is 14.0 Å². The average molecular weight is 437 g/mol. The molecule has 2 aliphatic carbocycles. The lowest BCUT2D eigenvalue weighted by Gasteiger charge is -2.12. The van der Waals surface area contributed by atoms with Crippen LogP contribution in [0.4, 0.5) is 15.9 Å². The zero-order valence-corrected chi connectivity index (χ0v) is 16.9. The fraction of sp³-hybridized carbons (Fsp3) is 0.350. The molecule has 29 heavy (non-hydrogen) atoms. The Morgan fingerprint density at radius 3 is 2.45 bits per heavy atom. The lowest BCUT2D eigenvalue weighted by molar-refractivity contribution is -0.117. The summed E-state index contributed by atoms with van der Waals surface area (Å²) in [7, 11) is 0. The molecule has 2 atom stereocenters. The van der Waals surface area contributed by atoms with Crippen molar-refractivity contribution in [3.8, 4) is 0 Å². The van der Waals surface area contributed by atoms with Gasteiger partial charge in [-0.3, -0.25) is 9.59 Å². The number of benzene rings is 1. The topological polar surface area (TPSA) is 83.1 Å². The fourth-order valence-electron chi connectivity index (χ4n) is 2.92. The summed E-state index contributed by atoms with van der Waals surface area (Å²) >= 11 is 12.6. The summed E-state index contributed by atoms with van der Waals surface area (Å²) in [4.78, 5) is 28.5. The number of rotatable bonds is 7. The van der Waals surface area contributed by atoms with Gasteiger partial charge in [-0.2, -0.15) is 0 Å². The highest BCUT2D eigenvalue weighted by molar-refractivity contribution is 6.40. The number of anilines is 2. The molecule has 1 aromatic heterocycles. The van der Waals surface area contributed by atoms with Crippen molar-refractivity contribution in [1.29, 1.82) is 0 Å². The van der Waals surface area contributed by atoms with Gasteiger partial charge < -0.3 is 16.0 Å². The van der Waals surface area contributed by atoms with E-state index < -0.39 is 23.9 Å². The number of amides is 2. The molecule has 2 fully saturated rings. The van der Waals surface area contributed by atoms with Crippen LogP contribution in [0.25, 0.3) is 0 Å². The van der Waals surface area contributed by atoms with Crippen LogP contribution in [0.5, 0.6) is 0 Å². The number of nitrogens with zero attached hydrogens (tertiary/aromatic N) is 1. The number of hydrogen-bond acceptors (Lipinski definition) is 4. The summed E-state index contributed by atoms with van der Waals surface area (Å²) in [6.45, 7) is 0.639. The maximum Gasteiger partial charge on any atom is 0.258 e. The van der Waals surface area contributed by atoms with E-state index in [1.807, 2.05) is 0 Å². The second kappa shape index (κ2) is 8.26. The number of nitrogens with one attached hydrogen (secondary N) is 3. The Hall–Kier alpha value is -2.22. The van der Waals surface area contributed by atoms with E-state index in [1.54, 1.807) is 18.2 Å². The molecule has 0 aliphatic heterocycles. The van der Waals surface area contributed by atoms with Crippen molar-refractivity contribution in [1.82, 2.24) is 10.3 Å². The van der Waals surface area contributed by atoms with Gasteiger partial charge >= 0.3 is 0 Å². The number of pyridine rings is 1. The number of hydrogen-bond donors (Lipinski definition) is 3. The summed E-state index contributed by atoms with van der Waals surface area (Å²) in [5, 5.41) is 9.13. The maximum atomic E-state index is 13.0. The van der Waals surface area contributed by atoms with Crippen molar-refractivity contribution in [2.75, 3.05) is 10.6 Å². The van der Waals surface area contributed by atoms with Gasteiger partial charge in [0.1, 0.15) is 12.0 Å². The van der Waals surface area contributed by atoms with Crippen LogP contribution in [-0.4, -0.2) is 29.0 Å². The van der Waals surface area contributed by atoms with E-state index >= 15 is 0 Å². The van der Waals surface area contributed by atoms with Crippen molar-refractivity contribution in [2.45, 2.75) is 38.0 Å². The summed E-state index contributed by atoms with van der Waals surface area (Å²) in [5.41, 5.74) is 1.48. The Kier molecular flexibility index (Phi) is 5.72. The second-order valence-electron chi connectivity index (χ2n) is 7.32. The van der Waals surface area contributed by atoms with Gasteiger partial charge in [0.25, 0.3) is 5.91 Å². The molecule has 0 saturated heterocycles. The predicted molar refractivity (Wildman–Crippen MR) is 110 cm³/mol. The predicted octanol–water partition coefficient (Wildman–Crippen LogP) is 4.19. The molecule has 3 N–H and O–H groups in total. The standard InChI is InChI=1S/C20H19Cl2FN4O2/c21-14-5-10(9-25-11-1-2-11)6-15(22)18(14)20(29)26-12-3-4-24-17(7-12)27-19(28)13-8-16(13)23/h3-7,11,13,16,25H,1-2,8-9H2,(H2,24,26,27,28,29)/t13-,16+/m0/s1. The Labute approximate surface area is 177 Å². The molecule has 4 rings (SSSR count). The maximum absolute atomic E-state index is 13.0. The van der Waals surface area contributed by atoms with Crippen LogP contribution in [0.2, 0.25) is 10.0 Å². The Morgan fingerprint density at radius 2 is 1.83 bits per heavy atom. The molecular weight excluding hydrogens is 418 g/mol. The van der Waals surface area contributed by atoms with Gasteiger partial charge in [-0.1, -0.05) is 23.2 Å². The number of carbonyl (C=O) groups excluding carboxylic acids is 2. The second-order valence-corrected chi connectivity index (χ2v) is 8.14. The molecule has 0 unspecified atom stereocenters. The normalized spacial score (nSPS) is 20.2. The first-order valence-electron chi connectivity index (χ1n) is 9.34. The van der Waals surface area contributed by atoms with E-state index in [0.29, 0.717) is 18.3 Å². The van der Waals surface area contributed by atoms with Crippen LogP contribution < -0.4 is 16.0 Å². The number of aromatic nitrogens is 1. The van der Waals surface area contributed by atoms with Crippen LogP contribution in [0, 0.1) is 5.92 Å². The van der Waals surface area contributed by atoms with Gasteiger partial charge in [-0.25, -0.2) is 9.37 Å². The lowest BCUT2D eigenvalue weighted by atomic mass is 10.1. The molecule has 0 bridgehead atoms. The van der Waals surface area contributed by atoms with E-state index in [-0.39, 0.29) is 27.8 Å². The van der Waals surface area contributed by atoms with Crippen LogP contribution in [0.15, 0.2) is 30.5 Å². The van der Waals surface area contributed by atoms with Gasteiger partial charge in [0.15, 0.2) is 0 Å². The highest BCUT2D eigenvalue weighted by atomic mass is 35.5. The van der Waals surface area contributed by atoms with Gasteiger partial charge in [-0.05, 0) is 43.0 Å². The van der Waals surface area contributed by atoms with Crippen molar-refractivity contribution in [3.63, 3.8) is 0 Å². The molecule has 1 aromatic carbocycles. The largest absolute Gasteiger partial charge is 0.322 e. The zero-order chi connectivity index (χ0) is 20.5. The van der Waals surface area contributed by atoms with Gasteiger partial charge in [-0.15, -0.1) is 0 Å². The summed E-state index contributed by atoms with van der Waals surface area (Å²) in [6.07, 6.45) is 2.91. The highest BCUT2D eigenvalue weighted by Gasteiger charge is 2.43. The van der Waals surface area contributed by atoms with Crippen molar-refractivity contribution >= 4 is 46.5 Å². The van der Waals surface area contributed by atoms with Crippen molar-refractivity contribution < 1.29 is 14.0 Å². The molecule has 2 amide bonds. The molecule has 1 heterocycles. The average Bonchev–Trinajstić information content (AvgIpc) is 3.56. The lowest BCUT2D eigenvalue weighted by Crippen LogP contribution is -2.18. The van der Waals surface area contributed by atoms with E-state index in [0.717, 1.165) is 5.56 Å². The number of halogens is 3. The van der Waals surface area contributed by atoms with Gasteiger partial charge in [0.05, 0.1) is 21.5 Å². The Balaban J connectivity index is 1.43. The minimum atomic E-state index is -1.09. The highest BCUT2D eigenvalue weighted by Crippen LogP contribution is 2.34. The molecule has 2 saturated carbocycles.